The Bertz CT molecular complexity index is 545. The Hall–Kier alpha value is -1.88. The first kappa shape index (κ1) is 13.1. The first-order valence-electron chi connectivity index (χ1n) is 7.03. The van der Waals surface area contributed by atoms with E-state index in [-0.39, 0.29) is 6.10 Å². The molecule has 1 aromatic carbocycles. The lowest BCUT2D eigenvalue weighted by Gasteiger charge is -2.04. The Morgan fingerprint density at radius 3 is 2.90 bits per heavy atom. The lowest BCUT2D eigenvalue weighted by molar-refractivity contribution is 0.109. The van der Waals surface area contributed by atoms with Crippen molar-refractivity contribution >= 4 is 5.69 Å². The number of ether oxygens (including phenoxy) is 1. The van der Waals surface area contributed by atoms with Crippen molar-refractivity contribution in [3.05, 3.63) is 41.5 Å². The number of aromatic nitrogens is 2. The molecule has 0 bridgehead atoms. The van der Waals surface area contributed by atoms with E-state index in [0.29, 0.717) is 12.4 Å². The SMILES string of the molecule is Cc1ccc(NCc2nc(CC3CCCO3)no2)cc1. The van der Waals surface area contributed by atoms with Gasteiger partial charge in [0, 0.05) is 18.7 Å². The minimum Gasteiger partial charge on any atom is -0.378 e. The molecule has 1 aromatic heterocycles. The van der Waals surface area contributed by atoms with Crippen molar-refractivity contribution in [1.29, 1.82) is 0 Å². The molecule has 1 atom stereocenters. The second-order valence-electron chi connectivity index (χ2n) is 5.16. The standard InChI is InChI=1S/C15H19N3O2/c1-11-4-6-12(7-5-11)16-10-15-17-14(18-20-15)9-13-3-2-8-19-13/h4-7,13,16H,2-3,8-10H2,1H3. The van der Waals surface area contributed by atoms with Crippen LogP contribution in [0, 0.1) is 6.92 Å². The molecule has 0 amide bonds. The third-order valence-corrected chi connectivity index (χ3v) is 3.44. The van der Waals surface area contributed by atoms with E-state index in [1.165, 1.54) is 5.56 Å². The quantitative estimate of drug-likeness (QED) is 0.907. The first-order valence-corrected chi connectivity index (χ1v) is 7.03. The van der Waals surface area contributed by atoms with Crippen LogP contribution in [-0.2, 0) is 17.7 Å². The zero-order valence-corrected chi connectivity index (χ0v) is 11.6. The molecule has 0 saturated carbocycles. The predicted octanol–water partition coefficient (Wildman–Crippen LogP) is 2.71. The fourth-order valence-electron chi connectivity index (χ4n) is 2.30. The molecular formula is C15H19N3O2. The van der Waals surface area contributed by atoms with Gasteiger partial charge in [-0.1, -0.05) is 22.9 Å². The van der Waals surface area contributed by atoms with Crippen LogP contribution < -0.4 is 5.32 Å². The molecule has 1 fully saturated rings. The highest BCUT2D eigenvalue weighted by molar-refractivity contribution is 5.44. The summed E-state index contributed by atoms with van der Waals surface area (Å²) in [4.78, 5) is 4.39. The average Bonchev–Trinajstić information content (AvgIpc) is 3.11. The molecule has 1 saturated heterocycles. The van der Waals surface area contributed by atoms with E-state index < -0.39 is 0 Å². The van der Waals surface area contributed by atoms with Gasteiger partial charge < -0.3 is 14.6 Å². The number of nitrogens with zero attached hydrogens (tertiary/aromatic N) is 2. The van der Waals surface area contributed by atoms with Gasteiger partial charge in [0.05, 0.1) is 12.6 Å². The summed E-state index contributed by atoms with van der Waals surface area (Å²) in [5, 5.41) is 7.27. The molecule has 1 aliphatic heterocycles. The number of rotatable bonds is 5. The molecule has 0 radical (unpaired) electrons. The van der Waals surface area contributed by atoms with Crippen molar-refractivity contribution in [1.82, 2.24) is 10.1 Å². The van der Waals surface area contributed by atoms with E-state index in [1.807, 2.05) is 12.1 Å². The van der Waals surface area contributed by atoms with Crippen molar-refractivity contribution in [2.45, 2.75) is 38.8 Å². The van der Waals surface area contributed by atoms with Crippen LogP contribution in [0.15, 0.2) is 28.8 Å². The van der Waals surface area contributed by atoms with Gasteiger partial charge in [0.15, 0.2) is 5.82 Å². The van der Waals surface area contributed by atoms with Crippen LogP contribution in [0.2, 0.25) is 0 Å². The number of nitrogens with one attached hydrogen (secondary N) is 1. The van der Waals surface area contributed by atoms with Crippen molar-refractivity contribution in [3.8, 4) is 0 Å². The Morgan fingerprint density at radius 2 is 2.15 bits per heavy atom. The smallest absolute Gasteiger partial charge is 0.245 e. The maximum atomic E-state index is 5.57. The molecule has 0 spiro atoms. The largest absolute Gasteiger partial charge is 0.378 e. The molecule has 5 nitrogen and oxygen atoms in total. The molecule has 3 rings (SSSR count). The van der Waals surface area contributed by atoms with E-state index in [0.717, 1.165) is 37.4 Å². The van der Waals surface area contributed by atoms with Crippen LogP contribution >= 0.6 is 0 Å². The highest BCUT2D eigenvalue weighted by atomic mass is 16.5. The highest BCUT2D eigenvalue weighted by Crippen LogP contribution is 2.16. The van der Waals surface area contributed by atoms with Gasteiger partial charge in [0.25, 0.3) is 0 Å². The van der Waals surface area contributed by atoms with E-state index in [2.05, 4.69) is 34.5 Å². The summed E-state index contributed by atoms with van der Waals surface area (Å²) < 4.78 is 10.8. The number of anilines is 1. The predicted molar refractivity (Wildman–Crippen MR) is 75.5 cm³/mol. The van der Waals surface area contributed by atoms with E-state index in [4.69, 9.17) is 9.26 Å². The third kappa shape index (κ3) is 3.36. The molecule has 2 aromatic rings. The fourth-order valence-corrected chi connectivity index (χ4v) is 2.30. The lowest BCUT2D eigenvalue weighted by atomic mass is 10.2. The van der Waals surface area contributed by atoms with Crippen LogP contribution in [0.25, 0.3) is 0 Å². The minimum atomic E-state index is 0.255. The number of benzene rings is 1. The first-order chi connectivity index (χ1) is 9.79. The normalized spacial score (nSPS) is 18.4. The topological polar surface area (TPSA) is 60.2 Å². The summed E-state index contributed by atoms with van der Waals surface area (Å²) in [6.07, 6.45) is 3.22. The Labute approximate surface area is 118 Å². The summed E-state index contributed by atoms with van der Waals surface area (Å²) in [5.74, 6) is 1.34. The van der Waals surface area contributed by atoms with Crippen LogP contribution in [0.3, 0.4) is 0 Å². The third-order valence-electron chi connectivity index (χ3n) is 3.44. The maximum absolute atomic E-state index is 5.57. The fraction of sp³-hybridized carbons (Fsp3) is 0.467. The zero-order chi connectivity index (χ0) is 13.8. The Morgan fingerprint density at radius 1 is 1.30 bits per heavy atom. The average molecular weight is 273 g/mol. The second-order valence-corrected chi connectivity index (χ2v) is 5.16. The van der Waals surface area contributed by atoms with Gasteiger partial charge in [0.1, 0.15) is 0 Å². The molecular weight excluding hydrogens is 254 g/mol. The van der Waals surface area contributed by atoms with Crippen LogP contribution in [0.1, 0.15) is 30.1 Å². The van der Waals surface area contributed by atoms with Crippen LogP contribution in [-0.4, -0.2) is 22.9 Å². The molecule has 20 heavy (non-hydrogen) atoms. The summed E-state index contributed by atoms with van der Waals surface area (Å²) in [6, 6.07) is 8.22. The maximum Gasteiger partial charge on any atom is 0.245 e. The van der Waals surface area contributed by atoms with Crippen molar-refractivity contribution < 1.29 is 9.26 Å². The minimum absolute atomic E-state index is 0.255. The Balaban J connectivity index is 1.52. The summed E-state index contributed by atoms with van der Waals surface area (Å²) in [5.41, 5.74) is 2.29. The van der Waals surface area contributed by atoms with Gasteiger partial charge in [-0.25, -0.2) is 0 Å². The molecule has 1 aliphatic rings. The van der Waals surface area contributed by atoms with Gasteiger partial charge in [0.2, 0.25) is 5.89 Å². The molecule has 2 heterocycles. The summed E-state index contributed by atoms with van der Waals surface area (Å²) in [7, 11) is 0. The number of hydrogen-bond acceptors (Lipinski definition) is 5. The Kier molecular flexibility index (Phi) is 3.97. The van der Waals surface area contributed by atoms with Crippen LogP contribution in [0.4, 0.5) is 5.69 Å². The van der Waals surface area contributed by atoms with E-state index in [1.54, 1.807) is 0 Å². The summed E-state index contributed by atoms with van der Waals surface area (Å²) in [6.45, 7) is 3.46. The van der Waals surface area contributed by atoms with Crippen molar-refractivity contribution in [3.63, 3.8) is 0 Å². The monoisotopic (exact) mass is 273 g/mol. The molecule has 5 heteroatoms. The van der Waals surface area contributed by atoms with Gasteiger partial charge in [-0.15, -0.1) is 0 Å². The van der Waals surface area contributed by atoms with Crippen molar-refractivity contribution in [2.24, 2.45) is 0 Å². The highest BCUT2D eigenvalue weighted by Gasteiger charge is 2.18. The van der Waals surface area contributed by atoms with Gasteiger partial charge in [-0.2, -0.15) is 4.98 Å². The molecule has 1 unspecified atom stereocenters. The van der Waals surface area contributed by atoms with Gasteiger partial charge >= 0.3 is 0 Å². The van der Waals surface area contributed by atoms with Crippen LogP contribution in [0.5, 0.6) is 0 Å². The molecule has 106 valence electrons. The molecule has 1 N–H and O–H groups in total. The van der Waals surface area contributed by atoms with E-state index in [9.17, 15) is 0 Å². The van der Waals surface area contributed by atoms with E-state index >= 15 is 0 Å². The van der Waals surface area contributed by atoms with Gasteiger partial charge in [-0.05, 0) is 31.9 Å². The van der Waals surface area contributed by atoms with Crippen molar-refractivity contribution in [2.75, 3.05) is 11.9 Å². The van der Waals surface area contributed by atoms with Gasteiger partial charge in [-0.3, -0.25) is 0 Å². The summed E-state index contributed by atoms with van der Waals surface area (Å²) >= 11 is 0. The molecule has 0 aliphatic carbocycles. The zero-order valence-electron chi connectivity index (χ0n) is 11.6. The number of aryl methyl sites for hydroxylation is 1. The lowest BCUT2D eigenvalue weighted by Crippen LogP contribution is -2.10. The number of hydrogen-bond donors (Lipinski definition) is 1. The second kappa shape index (κ2) is 6.05.